The lowest BCUT2D eigenvalue weighted by atomic mass is 9.84. The van der Waals surface area contributed by atoms with E-state index in [1.54, 1.807) is 44.7 Å². The summed E-state index contributed by atoms with van der Waals surface area (Å²) in [5.41, 5.74) is 1.48. The van der Waals surface area contributed by atoms with Gasteiger partial charge in [-0.15, -0.1) is 0 Å². The number of carbonyl (C=O) groups excluding carboxylic acids is 2. The Kier molecular flexibility index (Phi) is 8.46. The van der Waals surface area contributed by atoms with Crippen molar-refractivity contribution in [3.05, 3.63) is 53.3 Å². The van der Waals surface area contributed by atoms with Crippen molar-refractivity contribution in [1.29, 1.82) is 0 Å². The predicted molar refractivity (Wildman–Crippen MR) is 135 cm³/mol. The summed E-state index contributed by atoms with van der Waals surface area (Å²) in [6, 6.07) is 10.3. The second-order valence-electron chi connectivity index (χ2n) is 9.22. The smallest absolute Gasteiger partial charge is 0.319 e. The van der Waals surface area contributed by atoms with Crippen LogP contribution in [0.2, 0.25) is 5.02 Å². The Morgan fingerprint density at radius 3 is 2.40 bits per heavy atom. The van der Waals surface area contributed by atoms with Gasteiger partial charge in [0, 0.05) is 54.5 Å². The molecule has 1 aliphatic carbocycles. The molecule has 1 saturated heterocycles. The van der Waals surface area contributed by atoms with Crippen LogP contribution in [0.1, 0.15) is 43.7 Å². The van der Waals surface area contributed by atoms with E-state index in [2.05, 4.69) is 15.6 Å². The average Bonchev–Trinajstić information content (AvgIpc) is 2.90. The number of aromatic nitrogens is 1. The molecule has 4 rings (SSSR count). The minimum atomic E-state index is -0.298. The molecular weight excluding hydrogens is 468 g/mol. The highest BCUT2D eigenvalue weighted by Crippen LogP contribution is 2.32. The topological polar surface area (TPSA) is 92.8 Å². The number of anilines is 1. The summed E-state index contributed by atoms with van der Waals surface area (Å²) < 4.78 is 10.7. The van der Waals surface area contributed by atoms with Gasteiger partial charge in [-0.1, -0.05) is 11.6 Å². The zero-order valence-electron chi connectivity index (χ0n) is 20.2. The molecular formula is C26H33ClN4O4. The molecule has 9 heteroatoms. The third-order valence-corrected chi connectivity index (χ3v) is 7.33. The summed E-state index contributed by atoms with van der Waals surface area (Å²) in [6.07, 6.45) is 6.11. The van der Waals surface area contributed by atoms with Crippen molar-refractivity contribution in [2.45, 2.75) is 50.2 Å². The molecule has 1 aliphatic heterocycles. The fourth-order valence-electron chi connectivity index (χ4n) is 5.03. The van der Waals surface area contributed by atoms with E-state index in [1.807, 2.05) is 17.0 Å². The molecule has 2 unspecified atom stereocenters. The zero-order chi connectivity index (χ0) is 24.8. The Morgan fingerprint density at radius 1 is 1.03 bits per heavy atom. The minimum Gasteiger partial charge on any atom is -0.495 e. The minimum absolute atomic E-state index is 0.0311. The summed E-state index contributed by atoms with van der Waals surface area (Å²) in [4.78, 5) is 32.7. The second-order valence-corrected chi connectivity index (χ2v) is 9.66. The lowest BCUT2D eigenvalue weighted by Gasteiger charge is -2.40. The number of urea groups is 1. The highest BCUT2D eigenvalue weighted by molar-refractivity contribution is 6.30. The average molecular weight is 501 g/mol. The van der Waals surface area contributed by atoms with Crippen LogP contribution in [0.5, 0.6) is 5.75 Å². The van der Waals surface area contributed by atoms with Crippen molar-refractivity contribution >= 4 is 29.2 Å². The fraction of sp³-hybridized carbons (Fsp3) is 0.500. The number of piperidine rings is 1. The van der Waals surface area contributed by atoms with Gasteiger partial charge in [0.05, 0.1) is 19.4 Å². The van der Waals surface area contributed by atoms with Crippen molar-refractivity contribution in [1.82, 2.24) is 15.2 Å². The number of nitrogens with zero attached hydrogens (tertiary/aromatic N) is 2. The van der Waals surface area contributed by atoms with E-state index in [-0.39, 0.29) is 35.9 Å². The highest BCUT2D eigenvalue weighted by atomic mass is 35.5. The molecule has 3 amide bonds. The molecule has 2 aromatic rings. The van der Waals surface area contributed by atoms with Crippen molar-refractivity contribution in [3.63, 3.8) is 0 Å². The first-order valence-corrected chi connectivity index (χ1v) is 12.5. The number of nitrogens with one attached hydrogen (secondary N) is 2. The van der Waals surface area contributed by atoms with Crippen LogP contribution in [0.4, 0.5) is 10.5 Å². The number of methoxy groups -OCH3 is 2. The summed E-state index contributed by atoms with van der Waals surface area (Å²) in [5, 5.41) is 6.57. The van der Waals surface area contributed by atoms with Gasteiger partial charge < -0.3 is 25.0 Å². The number of ether oxygens (including phenoxy) is 2. The highest BCUT2D eigenvalue weighted by Gasteiger charge is 2.37. The first-order chi connectivity index (χ1) is 17.0. The van der Waals surface area contributed by atoms with Crippen LogP contribution in [0.3, 0.4) is 0 Å². The number of halogens is 1. The molecule has 8 nitrogen and oxygen atoms in total. The van der Waals surface area contributed by atoms with Gasteiger partial charge in [-0.25, -0.2) is 4.79 Å². The lowest BCUT2D eigenvalue weighted by molar-refractivity contribution is -0.139. The second kappa shape index (κ2) is 11.7. The number of pyridine rings is 1. The molecule has 0 spiro atoms. The molecule has 2 heterocycles. The van der Waals surface area contributed by atoms with Crippen molar-refractivity contribution in [3.8, 4) is 5.75 Å². The van der Waals surface area contributed by atoms with E-state index in [0.717, 1.165) is 31.4 Å². The maximum Gasteiger partial charge on any atom is 0.319 e. The Morgan fingerprint density at radius 2 is 1.77 bits per heavy atom. The largest absolute Gasteiger partial charge is 0.495 e. The van der Waals surface area contributed by atoms with Crippen LogP contribution >= 0.6 is 11.6 Å². The standard InChI is InChI=1S/C26H33ClN4O4/c1-34-20-9-3-17(4-10-20)25(32)31-14-13-24(22(16-31)23-12-11-21(35-2)15-28-23)30-26(33)29-19-7-5-18(27)6-8-19/h5-8,11-12,15,17,20,22,24H,3-4,9-10,13-14,16H2,1-2H3,(H2,29,30,33). The van der Waals surface area contributed by atoms with Gasteiger partial charge in [-0.05, 0) is 68.5 Å². The van der Waals surface area contributed by atoms with Gasteiger partial charge in [0.2, 0.25) is 5.91 Å². The van der Waals surface area contributed by atoms with Crippen LogP contribution in [0.25, 0.3) is 0 Å². The quantitative estimate of drug-likeness (QED) is 0.611. The molecule has 2 aliphatic rings. The molecule has 1 saturated carbocycles. The zero-order valence-corrected chi connectivity index (χ0v) is 21.0. The molecule has 35 heavy (non-hydrogen) atoms. The van der Waals surface area contributed by atoms with Crippen LogP contribution in [-0.4, -0.2) is 61.3 Å². The maximum absolute atomic E-state index is 13.4. The number of rotatable bonds is 6. The van der Waals surface area contributed by atoms with Gasteiger partial charge in [0.15, 0.2) is 0 Å². The Bertz CT molecular complexity index is 993. The third-order valence-electron chi connectivity index (χ3n) is 7.07. The number of carbonyl (C=O) groups is 2. The van der Waals surface area contributed by atoms with Crippen LogP contribution in [0, 0.1) is 5.92 Å². The first-order valence-electron chi connectivity index (χ1n) is 12.1. The molecule has 1 aromatic carbocycles. The van der Waals surface area contributed by atoms with E-state index in [1.165, 1.54) is 0 Å². The van der Waals surface area contributed by atoms with Gasteiger partial charge >= 0.3 is 6.03 Å². The summed E-state index contributed by atoms with van der Waals surface area (Å²) in [7, 11) is 3.33. The molecule has 2 N–H and O–H groups in total. The Balaban J connectivity index is 1.45. The number of amides is 3. The molecule has 0 bridgehead atoms. The van der Waals surface area contributed by atoms with E-state index in [9.17, 15) is 9.59 Å². The third kappa shape index (κ3) is 6.44. The van der Waals surface area contributed by atoms with Gasteiger partial charge in [0.25, 0.3) is 0 Å². The number of likely N-dealkylation sites (tertiary alicyclic amines) is 1. The predicted octanol–water partition coefficient (Wildman–Crippen LogP) is 4.46. The van der Waals surface area contributed by atoms with Gasteiger partial charge in [-0.3, -0.25) is 9.78 Å². The van der Waals surface area contributed by atoms with Gasteiger partial charge in [-0.2, -0.15) is 0 Å². The molecule has 188 valence electrons. The normalized spacial score (nSPS) is 24.5. The molecule has 1 aromatic heterocycles. The van der Waals surface area contributed by atoms with Gasteiger partial charge in [0.1, 0.15) is 5.75 Å². The summed E-state index contributed by atoms with van der Waals surface area (Å²) in [5.74, 6) is 0.757. The Labute approximate surface area is 211 Å². The number of hydrogen-bond donors (Lipinski definition) is 2. The van der Waals surface area contributed by atoms with Crippen molar-refractivity contribution in [2.75, 3.05) is 32.6 Å². The van der Waals surface area contributed by atoms with E-state index < -0.39 is 0 Å². The maximum atomic E-state index is 13.4. The van der Waals surface area contributed by atoms with E-state index in [4.69, 9.17) is 21.1 Å². The van der Waals surface area contributed by atoms with Crippen molar-refractivity contribution in [2.24, 2.45) is 5.92 Å². The fourth-order valence-corrected chi connectivity index (χ4v) is 5.15. The van der Waals surface area contributed by atoms with Crippen LogP contribution in [-0.2, 0) is 9.53 Å². The SMILES string of the molecule is COc1ccc(C2CN(C(=O)C3CCC(OC)CC3)CCC2NC(=O)Nc2ccc(Cl)cc2)nc1. The number of benzene rings is 1. The first kappa shape index (κ1) is 25.3. The summed E-state index contributed by atoms with van der Waals surface area (Å²) >= 11 is 5.94. The Hall–Kier alpha value is -2.84. The van der Waals surface area contributed by atoms with Crippen molar-refractivity contribution < 1.29 is 19.1 Å². The molecule has 2 atom stereocenters. The van der Waals surface area contributed by atoms with Crippen LogP contribution in [0.15, 0.2) is 42.6 Å². The molecule has 0 radical (unpaired) electrons. The lowest BCUT2D eigenvalue weighted by Crippen LogP contribution is -2.53. The van der Waals surface area contributed by atoms with Crippen LogP contribution < -0.4 is 15.4 Å². The monoisotopic (exact) mass is 500 g/mol. The molecule has 2 fully saturated rings. The number of hydrogen-bond acceptors (Lipinski definition) is 5. The summed E-state index contributed by atoms with van der Waals surface area (Å²) in [6.45, 7) is 1.11. The van der Waals surface area contributed by atoms with E-state index >= 15 is 0 Å². The van der Waals surface area contributed by atoms with E-state index in [0.29, 0.717) is 36.0 Å².